The molecule has 0 bridgehead atoms. The van der Waals surface area contributed by atoms with E-state index in [2.05, 4.69) is 20.5 Å². The first-order chi connectivity index (χ1) is 11.5. The monoisotopic (exact) mass is 350 g/mol. The van der Waals surface area contributed by atoms with E-state index in [1.807, 2.05) is 0 Å². The van der Waals surface area contributed by atoms with Crippen molar-refractivity contribution in [1.82, 2.24) is 15.2 Å². The normalized spacial score (nSPS) is 14.0. The smallest absolute Gasteiger partial charge is 0.342 e. The van der Waals surface area contributed by atoms with E-state index in [9.17, 15) is 14.4 Å². The highest BCUT2D eigenvalue weighted by molar-refractivity contribution is 8.00. The summed E-state index contributed by atoms with van der Waals surface area (Å²) in [6.45, 7) is 2.58. The van der Waals surface area contributed by atoms with Gasteiger partial charge in [-0.2, -0.15) is 5.10 Å². The number of anilines is 1. The highest BCUT2D eigenvalue weighted by Gasteiger charge is 2.19. The summed E-state index contributed by atoms with van der Waals surface area (Å²) in [5, 5.41) is 7.90. The quantitative estimate of drug-likeness (QED) is 0.679. The van der Waals surface area contributed by atoms with Crippen molar-refractivity contribution in [3.05, 3.63) is 39.0 Å². The summed E-state index contributed by atoms with van der Waals surface area (Å²) in [7, 11) is 0. The first-order valence-electron chi connectivity index (χ1n) is 7.09. The van der Waals surface area contributed by atoms with E-state index in [1.54, 1.807) is 25.1 Å². The number of carbonyl (C=O) groups is 1. The molecule has 0 fully saturated rings. The topological polar surface area (TPSA) is 126 Å². The summed E-state index contributed by atoms with van der Waals surface area (Å²) in [5.74, 6) is 0.882. The van der Waals surface area contributed by atoms with E-state index >= 15 is 0 Å². The zero-order valence-electron chi connectivity index (χ0n) is 12.6. The molecule has 0 spiro atoms. The lowest BCUT2D eigenvalue weighted by Gasteiger charge is -2.19. The molecule has 3 rings (SSSR count). The number of rotatable bonds is 4. The van der Waals surface area contributed by atoms with E-state index in [4.69, 9.17) is 9.47 Å². The zero-order chi connectivity index (χ0) is 17.1. The second-order valence-electron chi connectivity index (χ2n) is 4.92. The molecule has 2 aromatic rings. The standard InChI is InChI=1S/C14H14N4O5S/c1-7(24-13-12(20)16-14(21)18-17-13)11(19)15-8-2-3-9-10(6-8)23-5-4-22-9/h2-3,6-7H,4-5H2,1H3,(H,15,19)(H2,16,18,20,21). The van der Waals surface area contributed by atoms with Gasteiger partial charge in [0.2, 0.25) is 5.91 Å². The summed E-state index contributed by atoms with van der Waals surface area (Å²) in [5.41, 5.74) is -0.777. The fourth-order valence-electron chi connectivity index (χ4n) is 2.00. The van der Waals surface area contributed by atoms with Gasteiger partial charge in [-0.05, 0) is 19.1 Å². The average molecular weight is 350 g/mol. The lowest BCUT2D eigenvalue weighted by molar-refractivity contribution is -0.115. The number of hydrogen-bond acceptors (Lipinski definition) is 7. The summed E-state index contributed by atoms with van der Waals surface area (Å²) < 4.78 is 10.9. The van der Waals surface area contributed by atoms with Gasteiger partial charge in [0, 0.05) is 11.8 Å². The van der Waals surface area contributed by atoms with Crippen molar-refractivity contribution in [3.8, 4) is 11.5 Å². The molecule has 1 atom stereocenters. The molecule has 0 radical (unpaired) electrons. The van der Waals surface area contributed by atoms with Crippen LogP contribution >= 0.6 is 11.8 Å². The maximum Gasteiger partial charge on any atom is 0.342 e. The van der Waals surface area contributed by atoms with Crippen LogP contribution < -0.4 is 26.0 Å². The van der Waals surface area contributed by atoms with Crippen LogP contribution in [0.4, 0.5) is 5.69 Å². The van der Waals surface area contributed by atoms with E-state index in [0.29, 0.717) is 30.4 Å². The van der Waals surface area contributed by atoms with E-state index in [1.165, 1.54) is 0 Å². The minimum Gasteiger partial charge on any atom is -0.486 e. The van der Waals surface area contributed by atoms with Crippen molar-refractivity contribution in [3.63, 3.8) is 0 Å². The summed E-state index contributed by atoms with van der Waals surface area (Å²) in [4.78, 5) is 36.8. The van der Waals surface area contributed by atoms with Crippen LogP contribution in [0.25, 0.3) is 0 Å². The number of nitrogens with one attached hydrogen (secondary N) is 3. The minimum atomic E-state index is -0.697. The van der Waals surface area contributed by atoms with Crippen molar-refractivity contribution in [1.29, 1.82) is 0 Å². The Bertz CT molecular complexity index is 878. The summed E-state index contributed by atoms with van der Waals surface area (Å²) in [6, 6.07) is 5.10. The number of amides is 1. The van der Waals surface area contributed by atoms with Gasteiger partial charge in [0.15, 0.2) is 16.5 Å². The van der Waals surface area contributed by atoms with Crippen LogP contribution in [-0.2, 0) is 4.79 Å². The SMILES string of the molecule is CC(Sc1n[nH]c(=O)[nH]c1=O)C(=O)Nc1ccc2c(c1)OCCO2. The molecular formula is C14H14N4O5S. The zero-order valence-corrected chi connectivity index (χ0v) is 13.4. The van der Waals surface area contributed by atoms with Gasteiger partial charge in [-0.25, -0.2) is 9.89 Å². The minimum absolute atomic E-state index is 0.0134. The second-order valence-corrected chi connectivity index (χ2v) is 6.25. The van der Waals surface area contributed by atoms with Crippen LogP contribution in [0.5, 0.6) is 11.5 Å². The van der Waals surface area contributed by atoms with Crippen molar-refractivity contribution in [2.45, 2.75) is 17.2 Å². The third kappa shape index (κ3) is 3.59. The first-order valence-corrected chi connectivity index (χ1v) is 7.97. The molecule has 1 aliphatic rings. The highest BCUT2D eigenvalue weighted by atomic mass is 32.2. The van der Waals surface area contributed by atoms with E-state index < -0.39 is 16.5 Å². The maximum atomic E-state index is 12.2. The number of ether oxygens (including phenoxy) is 2. The third-order valence-corrected chi connectivity index (χ3v) is 4.22. The Balaban J connectivity index is 1.68. The number of benzene rings is 1. The largest absolute Gasteiger partial charge is 0.486 e. The molecule has 24 heavy (non-hydrogen) atoms. The lowest BCUT2D eigenvalue weighted by atomic mass is 10.2. The maximum absolute atomic E-state index is 12.2. The molecule has 2 heterocycles. The Morgan fingerprint density at radius 1 is 1.29 bits per heavy atom. The van der Waals surface area contributed by atoms with Gasteiger partial charge in [-0.3, -0.25) is 14.6 Å². The number of fused-ring (bicyclic) bond motifs is 1. The Labute approximate surface area is 139 Å². The second kappa shape index (κ2) is 6.79. The fourth-order valence-corrected chi connectivity index (χ4v) is 2.76. The number of hydrogen-bond donors (Lipinski definition) is 3. The molecule has 0 aliphatic carbocycles. The van der Waals surface area contributed by atoms with Crippen LogP contribution in [0, 0.1) is 0 Å². The number of nitrogens with zero attached hydrogens (tertiary/aromatic N) is 1. The van der Waals surface area contributed by atoms with Crippen molar-refractivity contribution in [2.75, 3.05) is 18.5 Å². The molecule has 1 aliphatic heterocycles. The summed E-state index contributed by atoms with van der Waals surface area (Å²) in [6.07, 6.45) is 0. The number of H-pyrrole nitrogens is 2. The van der Waals surface area contributed by atoms with Gasteiger partial charge in [-0.1, -0.05) is 11.8 Å². The van der Waals surface area contributed by atoms with Crippen molar-refractivity contribution < 1.29 is 14.3 Å². The van der Waals surface area contributed by atoms with Gasteiger partial charge in [0.1, 0.15) is 13.2 Å². The van der Waals surface area contributed by atoms with Crippen LogP contribution in [0.3, 0.4) is 0 Å². The Hall–Kier alpha value is -2.75. The van der Waals surface area contributed by atoms with E-state index in [-0.39, 0.29) is 10.9 Å². The van der Waals surface area contributed by atoms with Gasteiger partial charge < -0.3 is 14.8 Å². The molecule has 10 heteroatoms. The lowest BCUT2D eigenvalue weighted by Crippen LogP contribution is -2.28. The van der Waals surface area contributed by atoms with Gasteiger partial charge in [0.25, 0.3) is 5.56 Å². The molecule has 126 valence electrons. The Kier molecular flexibility index (Phi) is 4.56. The molecule has 1 aromatic heterocycles. The highest BCUT2D eigenvalue weighted by Crippen LogP contribution is 2.32. The molecule has 9 nitrogen and oxygen atoms in total. The Morgan fingerprint density at radius 2 is 2.04 bits per heavy atom. The molecule has 0 saturated heterocycles. The van der Waals surface area contributed by atoms with Crippen molar-refractivity contribution in [2.24, 2.45) is 0 Å². The van der Waals surface area contributed by atoms with Crippen LogP contribution in [0.15, 0.2) is 32.8 Å². The van der Waals surface area contributed by atoms with Crippen LogP contribution in [0.1, 0.15) is 6.92 Å². The predicted octanol–water partition coefficient (Wildman–Crippen LogP) is 0.349. The third-order valence-electron chi connectivity index (χ3n) is 3.15. The Morgan fingerprint density at radius 3 is 2.79 bits per heavy atom. The fraction of sp³-hybridized carbons (Fsp3) is 0.286. The first kappa shape index (κ1) is 16.1. The summed E-state index contributed by atoms with van der Waals surface area (Å²) >= 11 is 0.942. The predicted molar refractivity (Wildman–Crippen MR) is 86.9 cm³/mol. The van der Waals surface area contributed by atoms with Crippen LogP contribution in [0.2, 0.25) is 0 Å². The van der Waals surface area contributed by atoms with E-state index in [0.717, 1.165) is 11.8 Å². The molecule has 0 saturated carbocycles. The van der Waals surface area contributed by atoms with Gasteiger partial charge in [0.05, 0.1) is 5.25 Å². The molecular weight excluding hydrogens is 336 g/mol. The molecule has 1 unspecified atom stereocenters. The average Bonchev–Trinajstić information content (AvgIpc) is 2.57. The number of carbonyl (C=O) groups excluding carboxylic acids is 1. The number of aromatic nitrogens is 3. The molecule has 1 amide bonds. The number of thioether (sulfide) groups is 1. The molecule has 3 N–H and O–H groups in total. The van der Waals surface area contributed by atoms with Gasteiger partial charge >= 0.3 is 5.69 Å². The number of aromatic amines is 2. The molecule has 1 aromatic carbocycles. The van der Waals surface area contributed by atoms with Crippen molar-refractivity contribution >= 4 is 23.4 Å². The van der Waals surface area contributed by atoms with Gasteiger partial charge in [-0.15, -0.1) is 0 Å². The van der Waals surface area contributed by atoms with Crippen LogP contribution in [-0.4, -0.2) is 39.6 Å².